The lowest BCUT2D eigenvalue weighted by Crippen LogP contribution is -2.28. The van der Waals surface area contributed by atoms with Crippen molar-refractivity contribution in [3.63, 3.8) is 0 Å². The summed E-state index contributed by atoms with van der Waals surface area (Å²) in [6, 6.07) is 7.43. The molecule has 26 heavy (non-hydrogen) atoms. The van der Waals surface area contributed by atoms with Gasteiger partial charge in [0.05, 0.1) is 0 Å². The Hall–Kier alpha value is -2.16. The Labute approximate surface area is 153 Å². The number of carboxylic acid groups (broad SMARTS) is 1. The van der Waals surface area contributed by atoms with Gasteiger partial charge < -0.3 is 9.67 Å². The topological polar surface area (TPSA) is 91.6 Å². The first-order valence-corrected chi connectivity index (χ1v) is 9.95. The Morgan fingerprint density at radius 2 is 1.92 bits per heavy atom. The summed E-state index contributed by atoms with van der Waals surface area (Å²) >= 11 is 0. The van der Waals surface area contributed by atoms with Crippen LogP contribution in [0.3, 0.4) is 0 Å². The van der Waals surface area contributed by atoms with Crippen molar-refractivity contribution >= 4 is 16.2 Å². The van der Waals surface area contributed by atoms with E-state index >= 15 is 0 Å². The van der Waals surface area contributed by atoms with Gasteiger partial charge in [-0.05, 0) is 30.0 Å². The van der Waals surface area contributed by atoms with Crippen LogP contribution in [0.15, 0.2) is 24.3 Å². The quantitative estimate of drug-likeness (QED) is 0.833. The van der Waals surface area contributed by atoms with E-state index in [-0.39, 0.29) is 5.69 Å². The molecule has 140 valence electrons. The van der Waals surface area contributed by atoms with Crippen molar-refractivity contribution in [3.05, 3.63) is 46.8 Å². The zero-order chi connectivity index (χ0) is 19.1. The van der Waals surface area contributed by atoms with Crippen molar-refractivity contribution in [3.8, 4) is 11.1 Å². The monoisotopic (exact) mass is 377 g/mol. The second kappa shape index (κ2) is 6.86. The van der Waals surface area contributed by atoms with Gasteiger partial charge in [0.2, 0.25) is 0 Å². The van der Waals surface area contributed by atoms with E-state index in [0.29, 0.717) is 19.6 Å². The molecule has 8 heteroatoms. The summed E-state index contributed by atoms with van der Waals surface area (Å²) in [5, 5.41) is 9.64. The van der Waals surface area contributed by atoms with Crippen LogP contribution >= 0.6 is 0 Å². The number of nitrogens with zero attached hydrogens (tertiary/aromatic N) is 2. The molecule has 3 rings (SSSR count). The molecular weight excluding hydrogens is 354 g/mol. The predicted octanol–water partition coefficient (Wildman–Crippen LogP) is 1.91. The second-order valence-electron chi connectivity index (χ2n) is 6.44. The van der Waals surface area contributed by atoms with Gasteiger partial charge in [-0.25, -0.2) is 9.52 Å². The van der Waals surface area contributed by atoms with E-state index in [1.807, 2.05) is 38.1 Å². The van der Waals surface area contributed by atoms with Crippen molar-refractivity contribution in [2.75, 3.05) is 13.1 Å². The minimum atomic E-state index is -3.38. The summed E-state index contributed by atoms with van der Waals surface area (Å²) in [5.74, 6) is -0.955. The summed E-state index contributed by atoms with van der Waals surface area (Å²) in [6.45, 7) is 5.12. The smallest absolute Gasteiger partial charge is 0.353 e. The fourth-order valence-electron chi connectivity index (χ4n) is 3.64. The fourth-order valence-corrected chi connectivity index (χ4v) is 4.82. The molecule has 7 nitrogen and oxygen atoms in total. The minimum absolute atomic E-state index is 0.276. The normalized spacial score (nSPS) is 16.9. The van der Waals surface area contributed by atoms with E-state index in [0.717, 1.165) is 34.4 Å². The predicted molar refractivity (Wildman–Crippen MR) is 99.3 cm³/mol. The molecule has 0 bridgehead atoms. The highest BCUT2D eigenvalue weighted by atomic mass is 32.2. The number of aromatic nitrogens is 1. The molecular formula is C18H23N3O4S. The highest BCUT2D eigenvalue weighted by molar-refractivity contribution is 7.87. The Kier molecular flexibility index (Phi) is 4.92. The van der Waals surface area contributed by atoms with Crippen molar-refractivity contribution < 1.29 is 18.3 Å². The van der Waals surface area contributed by atoms with Crippen LogP contribution in [0.1, 0.15) is 34.2 Å². The van der Waals surface area contributed by atoms with Gasteiger partial charge in [0, 0.05) is 37.9 Å². The molecule has 2 aromatic rings. The first-order chi connectivity index (χ1) is 12.3. The number of aromatic carboxylic acids is 1. The Morgan fingerprint density at radius 3 is 2.42 bits per heavy atom. The molecule has 2 N–H and O–H groups in total. The van der Waals surface area contributed by atoms with Crippen LogP contribution in [0, 0.1) is 6.92 Å². The molecule has 1 aliphatic heterocycles. The molecule has 0 unspecified atom stereocenters. The Morgan fingerprint density at radius 1 is 1.27 bits per heavy atom. The van der Waals surface area contributed by atoms with Crippen LogP contribution in [-0.4, -0.2) is 41.5 Å². The molecule has 2 heterocycles. The van der Waals surface area contributed by atoms with Gasteiger partial charge in [-0.3, -0.25) is 0 Å². The second-order valence-corrected chi connectivity index (χ2v) is 8.20. The lowest BCUT2D eigenvalue weighted by Gasteiger charge is -2.13. The minimum Gasteiger partial charge on any atom is -0.477 e. The van der Waals surface area contributed by atoms with E-state index in [2.05, 4.69) is 4.72 Å². The molecule has 0 amide bonds. The molecule has 1 aromatic carbocycles. The molecule has 0 atom stereocenters. The van der Waals surface area contributed by atoms with Crippen LogP contribution in [0.25, 0.3) is 11.1 Å². The van der Waals surface area contributed by atoms with Gasteiger partial charge in [-0.2, -0.15) is 12.7 Å². The van der Waals surface area contributed by atoms with E-state index < -0.39 is 16.2 Å². The number of benzene rings is 1. The molecule has 0 spiro atoms. The van der Waals surface area contributed by atoms with Gasteiger partial charge in [-0.15, -0.1) is 0 Å². The molecule has 1 fully saturated rings. The van der Waals surface area contributed by atoms with Crippen LogP contribution in [-0.2, 0) is 30.2 Å². The Balaban J connectivity index is 1.96. The average molecular weight is 377 g/mol. The highest BCUT2D eigenvalue weighted by Gasteiger charge is 2.27. The maximum absolute atomic E-state index is 11.8. The zero-order valence-corrected chi connectivity index (χ0v) is 15.9. The van der Waals surface area contributed by atoms with Gasteiger partial charge >= 0.3 is 5.97 Å². The maximum Gasteiger partial charge on any atom is 0.353 e. The molecule has 1 saturated heterocycles. The van der Waals surface area contributed by atoms with Crippen LogP contribution < -0.4 is 4.72 Å². The van der Waals surface area contributed by atoms with Crippen LogP contribution in [0.4, 0.5) is 0 Å². The van der Waals surface area contributed by atoms with Crippen LogP contribution in [0.5, 0.6) is 0 Å². The first kappa shape index (κ1) is 18.6. The van der Waals surface area contributed by atoms with Gasteiger partial charge in [0.1, 0.15) is 5.69 Å². The highest BCUT2D eigenvalue weighted by Crippen LogP contribution is 2.32. The third-order valence-electron chi connectivity index (χ3n) is 4.91. The van der Waals surface area contributed by atoms with Crippen molar-refractivity contribution in [2.24, 2.45) is 7.05 Å². The maximum atomic E-state index is 11.8. The summed E-state index contributed by atoms with van der Waals surface area (Å²) < 4.78 is 29.3. The Bertz CT molecular complexity index is 946. The van der Waals surface area contributed by atoms with Crippen molar-refractivity contribution in [1.29, 1.82) is 0 Å². The standard InChI is InChI=1S/C18H23N3O4S/c1-4-15-12(2)16(17(18(22)23)20(15)3)14-7-5-13(6-8-14)11-21-10-9-19-26(21,24)25/h5-8,19H,4,9-11H2,1-3H3,(H,22,23). The number of carboxylic acids is 1. The summed E-state index contributed by atoms with van der Waals surface area (Å²) in [5.41, 5.74) is 4.64. The van der Waals surface area contributed by atoms with E-state index in [4.69, 9.17) is 0 Å². The summed E-state index contributed by atoms with van der Waals surface area (Å²) in [6.07, 6.45) is 0.751. The number of rotatable bonds is 5. The van der Waals surface area contributed by atoms with Gasteiger partial charge in [-0.1, -0.05) is 31.2 Å². The van der Waals surface area contributed by atoms with Crippen LogP contribution in [0.2, 0.25) is 0 Å². The van der Waals surface area contributed by atoms with Crippen molar-refractivity contribution in [1.82, 2.24) is 13.6 Å². The largest absolute Gasteiger partial charge is 0.477 e. The molecule has 0 radical (unpaired) electrons. The average Bonchev–Trinajstić information content (AvgIpc) is 3.04. The van der Waals surface area contributed by atoms with E-state index in [1.165, 1.54) is 4.31 Å². The third-order valence-corrected chi connectivity index (χ3v) is 6.47. The number of nitrogens with one attached hydrogen (secondary N) is 1. The fraction of sp³-hybridized carbons (Fsp3) is 0.389. The zero-order valence-electron chi connectivity index (χ0n) is 15.1. The number of carbonyl (C=O) groups is 1. The van der Waals surface area contributed by atoms with E-state index in [9.17, 15) is 18.3 Å². The van der Waals surface area contributed by atoms with E-state index in [1.54, 1.807) is 11.6 Å². The van der Waals surface area contributed by atoms with Crippen molar-refractivity contribution in [2.45, 2.75) is 26.8 Å². The summed E-state index contributed by atoms with van der Waals surface area (Å²) in [7, 11) is -1.60. The first-order valence-electron chi connectivity index (χ1n) is 8.51. The molecule has 1 aliphatic rings. The van der Waals surface area contributed by atoms with Gasteiger partial charge in [0.15, 0.2) is 0 Å². The molecule has 0 saturated carbocycles. The number of hydrogen-bond acceptors (Lipinski definition) is 3. The number of hydrogen-bond donors (Lipinski definition) is 2. The SMILES string of the molecule is CCc1c(C)c(-c2ccc(CN3CCNS3(=O)=O)cc2)c(C(=O)O)n1C. The lowest BCUT2D eigenvalue weighted by atomic mass is 9.99. The van der Waals surface area contributed by atoms with Gasteiger partial charge in [0.25, 0.3) is 10.2 Å². The lowest BCUT2D eigenvalue weighted by molar-refractivity contribution is 0.0687. The molecule has 0 aliphatic carbocycles. The molecule has 1 aromatic heterocycles. The summed E-state index contributed by atoms with van der Waals surface area (Å²) in [4.78, 5) is 11.8. The third kappa shape index (κ3) is 3.15.